The SMILES string of the molecule is CC(=O)N(CCC(=O)Nc1ccc(Cl)cc1)CCc1ccccc1F. The molecule has 2 rings (SSSR count). The summed E-state index contributed by atoms with van der Waals surface area (Å²) in [4.78, 5) is 25.3. The van der Waals surface area contributed by atoms with Gasteiger partial charge in [-0.25, -0.2) is 4.39 Å². The Bertz CT molecular complexity index is 734. The first-order chi connectivity index (χ1) is 12.0. The zero-order valence-electron chi connectivity index (χ0n) is 14.0. The average Bonchev–Trinajstić information content (AvgIpc) is 2.58. The standard InChI is InChI=1S/C19H20ClFN2O2/c1-14(24)23(12-10-15-4-2-3-5-18(15)21)13-11-19(25)22-17-8-6-16(20)7-9-17/h2-9H,10-13H2,1H3,(H,22,25). The van der Waals surface area contributed by atoms with Gasteiger partial charge in [0.05, 0.1) is 0 Å². The molecule has 25 heavy (non-hydrogen) atoms. The number of nitrogens with zero attached hydrogens (tertiary/aromatic N) is 1. The predicted molar refractivity (Wildman–Crippen MR) is 97.1 cm³/mol. The van der Waals surface area contributed by atoms with Crippen molar-refractivity contribution >= 4 is 29.1 Å². The number of amides is 2. The number of rotatable bonds is 7. The lowest BCUT2D eigenvalue weighted by atomic mass is 10.1. The van der Waals surface area contributed by atoms with Gasteiger partial charge in [0.2, 0.25) is 11.8 Å². The van der Waals surface area contributed by atoms with E-state index in [4.69, 9.17) is 11.6 Å². The third kappa shape index (κ3) is 6.19. The van der Waals surface area contributed by atoms with Gasteiger partial charge in [-0.1, -0.05) is 29.8 Å². The molecular weight excluding hydrogens is 343 g/mol. The summed E-state index contributed by atoms with van der Waals surface area (Å²) in [7, 11) is 0. The second-order valence-electron chi connectivity index (χ2n) is 5.65. The van der Waals surface area contributed by atoms with E-state index < -0.39 is 0 Å². The van der Waals surface area contributed by atoms with Crippen LogP contribution in [0, 0.1) is 5.82 Å². The summed E-state index contributed by atoms with van der Waals surface area (Å²) in [5.74, 6) is -0.624. The summed E-state index contributed by atoms with van der Waals surface area (Å²) in [5, 5.41) is 3.34. The maximum absolute atomic E-state index is 13.6. The first kappa shape index (κ1) is 18.9. The summed E-state index contributed by atoms with van der Waals surface area (Å²) >= 11 is 5.80. The highest BCUT2D eigenvalue weighted by Crippen LogP contribution is 2.14. The molecule has 0 aromatic heterocycles. The second-order valence-corrected chi connectivity index (χ2v) is 6.09. The molecule has 0 radical (unpaired) electrons. The quantitative estimate of drug-likeness (QED) is 0.812. The van der Waals surface area contributed by atoms with E-state index in [1.165, 1.54) is 13.0 Å². The fourth-order valence-electron chi connectivity index (χ4n) is 2.38. The fourth-order valence-corrected chi connectivity index (χ4v) is 2.50. The summed E-state index contributed by atoms with van der Waals surface area (Å²) in [6, 6.07) is 13.3. The normalized spacial score (nSPS) is 10.4. The molecule has 6 heteroatoms. The number of carbonyl (C=O) groups excluding carboxylic acids is 2. The lowest BCUT2D eigenvalue weighted by Crippen LogP contribution is -2.33. The zero-order valence-corrected chi connectivity index (χ0v) is 14.7. The Morgan fingerprint density at radius 3 is 2.40 bits per heavy atom. The third-order valence-electron chi connectivity index (χ3n) is 3.79. The maximum Gasteiger partial charge on any atom is 0.226 e. The predicted octanol–water partition coefficient (Wildman–Crippen LogP) is 3.90. The maximum atomic E-state index is 13.6. The second kappa shape index (κ2) is 9.18. The summed E-state index contributed by atoms with van der Waals surface area (Å²) in [6.07, 6.45) is 0.574. The Morgan fingerprint density at radius 1 is 1.08 bits per heavy atom. The molecule has 0 fully saturated rings. The van der Waals surface area contributed by atoms with E-state index in [1.807, 2.05) is 0 Å². The van der Waals surface area contributed by atoms with E-state index in [0.29, 0.717) is 29.2 Å². The van der Waals surface area contributed by atoms with Crippen LogP contribution in [-0.2, 0) is 16.0 Å². The van der Waals surface area contributed by atoms with Gasteiger partial charge in [-0.2, -0.15) is 0 Å². The smallest absolute Gasteiger partial charge is 0.226 e. The Kier molecular flexibility index (Phi) is 6.95. The van der Waals surface area contributed by atoms with Crippen molar-refractivity contribution in [3.05, 3.63) is 64.9 Å². The summed E-state index contributed by atoms with van der Waals surface area (Å²) in [5.41, 5.74) is 1.20. The molecule has 0 spiro atoms. The van der Waals surface area contributed by atoms with E-state index >= 15 is 0 Å². The van der Waals surface area contributed by atoms with Crippen molar-refractivity contribution in [1.29, 1.82) is 0 Å². The van der Waals surface area contributed by atoms with E-state index in [2.05, 4.69) is 5.32 Å². The minimum atomic E-state index is -0.286. The third-order valence-corrected chi connectivity index (χ3v) is 4.04. The molecule has 1 N–H and O–H groups in total. The zero-order chi connectivity index (χ0) is 18.2. The molecule has 0 unspecified atom stereocenters. The molecular formula is C19H20ClFN2O2. The number of benzene rings is 2. The van der Waals surface area contributed by atoms with Gasteiger partial charge in [0.1, 0.15) is 5.82 Å². The summed E-state index contributed by atoms with van der Waals surface area (Å²) in [6.45, 7) is 2.09. The molecule has 0 heterocycles. The molecule has 0 saturated carbocycles. The molecule has 0 aliphatic carbocycles. The van der Waals surface area contributed by atoms with Crippen molar-refractivity contribution < 1.29 is 14.0 Å². The Morgan fingerprint density at radius 2 is 1.76 bits per heavy atom. The van der Waals surface area contributed by atoms with Crippen molar-refractivity contribution in [2.45, 2.75) is 19.8 Å². The van der Waals surface area contributed by atoms with Gasteiger partial charge < -0.3 is 10.2 Å². The first-order valence-corrected chi connectivity index (χ1v) is 8.38. The topological polar surface area (TPSA) is 49.4 Å². The molecule has 0 atom stereocenters. The lowest BCUT2D eigenvalue weighted by Gasteiger charge is -2.21. The van der Waals surface area contributed by atoms with Gasteiger partial charge in [-0.3, -0.25) is 9.59 Å². The molecule has 0 aliphatic rings. The van der Waals surface area contributed by atoms with Crippen LogP contribution in [0.2, 0.25) is 5.02 Å². The Labute approximate surface area is 151 Å². The van der Waals surface area contributed by atoms with Crippen LogP contribution in [0.5, 0.6) is 0 Å². The van der Waals surface area contributed by atoms with Crippen LogP contribution in [0.1, 0.15) is 18.9 Å². The van der Waals surface area contributed by atoms with Gasteiger partial charge in [0.25, 0.3) is 0 Å². The molecule has 0 aliphatic heterocycles. The highest BCUT2D eigenvalue weighted by atomic mass is 35.5. The van der Waals surface area contributed by atoms with Crippen LogP contribution in [0.25, 0.3) is 0 Å². The van der Waals surface area contributed by atoms with Crippen LogP contribution in [0.3, 0.4) is 0 Å². The molecule has 2 aromatic carbocycles. The van der Waals surface area contributed by atoms with E-state index in [-0.39, 0.29) is 30.6 Å². The van der Waals surface area contributed by atoms with Crippen molar-refractivity contribution in [3.63, 3.8) is 0 Å². The van der Waals surface area contributed by atoms with E-state index in [9.17, 15) is 14.0 Å². The van der Waals surface area contributed by atoms with Crippen LogP contribution < -0.4 is 5.32 Å². The Hall–Kier alpha value is -2.40. The number of hydrogen-bond acceptors (Lipinski definition) is 2. The monoisotopic (exact) mass is 362 g/mol. The van der Waals surface area contributed by atoms with E-state index in [0.717, 1.165) is 0 Å². The van der Waals surface area contributed by atoms with E-state index in [1.54, 1.807) is 47.4 Å². The Balaban J connectivity index is 1.84. The van der Waals surface area contributed by atoms with Crippen molar-refractivity contribution in [1.82, 2.24) is 4.90 Å². The molecule has 2 aromatic rings. The number of nitrogens with one attached hydrogen (secondary N) is 1. The fraction of sp³-hybridized carbons (Fsp3) is 0.263. The van der Waals surface area contributed by atoms with Crippen molar-refractivity contribution in [2.75, 3.05) is 18.4 Å². The summed E-state index contributed by atoms with van der Waals surface area (Å²) < 4.78 is 13.6. The van der Waals surface area contributed by atoms with Crippen LogP contribution in [0.15, 0.2) is 48.5 Å². The van der Waals surface area contributed by atoms with Gasteiger partial charge in [-0.05, 0) is 42.3 Å². The molecule has 132 valence electrons. The van der Waals surface area contributed by atoms with Gasteiger partial charge >= 0.3 is 0 Å². The van der Waals surface area contributed by atoms with Gasteiger partial charge in [0, 0.05) is 37.1 Å². The molecule has 0 saturated heterocycles. The average molecular weight is 363 g/mol. The van der Waals surface area contributed by atoms with Crippen LogP contribution >= 0.6 is 11.6 Å². The van der Waals surface area contributed by atoms with Crippen LogP contribution in [-0.4, -0.2) is 29.8 Å². The minimum absolute atomic E-state index is 0.143. The largest absolute Gasteiger partial charge is 0.342 e. The van der Waals surface area contributed by atoms with Crippen molar-refractivity contribution in [3.8, 4) is 0 Å². The number of carbonyl (C=O) groups is 2. The highest BCUT2D eigenvalue weighted by molar-refractivity contribution is 6.30. The van der Waals surface area contributed by atoms with Gasteiger partial charge in [-0.15, -0.1) is 0 Å². The lowest BCUT2D eigenvalue weighted by molar-refractivity contribution is -0.129. The molecule has 4 nitrogen and oxygen atoms in total. The molecule has 2 amide bonds. The highest BCUT2D eigenvalue weighted by Gasteiger charge is 2.12. The van der Waals surface area contributed by atoms with Crippen LogP contribution in [0.4, 0.5) is 10.1 Å². The number of anilines is 1. The molecule has 0 bridgehead atoms. The number of hydrogen-bond donors (Lipinski definition) is 1. The van der Waals surface area contributed by atoms with Crippen molar-refractivity contribution in [2.24, 2.45) is 0 Å². The minimum Gasteiger partial charge on any atom is -0.342 e. The van der Waals surface area contributed by atoms with Gasteiger partial charge in [0.15, 0.2) is 0 Å². The number of halogens is 2. The first-order valence-electron chi connectivity index (χ1n) is 8.00.